The maximum absolute atomic E-state index is 12.5. The number of carbonyl (C=O) groups is 1. The zero-order valence-corrected chi connectivity index (χ0v) is 11.9. The molecule has 1 atom stereocenters. The van der Waals surface area contributed by atoms with Crippen molar-refractivity contribution in [2.75, 3.05) is 19.6 Å². The summed E-state index contributed by atoms with van der Waals surface area (Å²) in [5, 5.41) is 6.60. The Balaban J connectivity index is 1.86. The summed E-state index contributed by atoms with van der Waals surface area (Å²) in [6.07, 6.45) is 6.88. The van der Waals surface area contributed by atoms with Crippen LogP contribution in [0, 0.1) is 17.3 Å². The monoisotopic (exact) mass is 252 g/mol. The van der Waals surface area contributed by atoms with Crippen LogP contribution in [0.5, 0.6) is 0 Å². The fourth-order valence-electron chi connectivity index (χ4n) is 3.25. The van der Waals surface area contributed by atoms with Crippen molar-refractivity contribution in [3.05, 3.63) is 0 Å². The van der Waals surface area contributed by atoms with E-state index in [-0.39, 0.29) is 5.41 Å². The summed E-state index contributed by atoms with van der Waals surface area (Å²) in [6.45, 7) is 7.32. The molecule has 1 unspecified atom stereocenters. The lowest BCUT2D eigenvalue weighted by atomic mass is 9.74. The quantitative estimate of drug-likeness (QED) is 0.761. The number of piperidine rings is 1. The third kappa shape index (κ3) is 3.25. The van der Waals surface area contributed by atoms with Gasteiger partial charge in [0.25, 0.3) is 0 Å². The van der Waals surface area contributed by atoms with Gasteiger partial charge in [-0.25, -0.2) is 0 Å². The molecule has 1 aliphatic heterocycles. The zero-order valence-electron chi connectivity index (χ0n) is 11.9. The number of rotatable bonds is 6. The second-order valence-corrected chi connectivity index (χ2v) is 6.31. The Morgan fingerprint density at radius 3 is 2.61 bits per heavy atom. The van der Waals surface area contributed by atoms with Gasteiger partial charge in [0.15, 0.2) is 0 Å². The standard InChI is InChI=1S/C15H28N2O/c1-3-6-15(7-9-16-10-8-15)14(18)17-11-12(2)13-4-5-13/h12-13,16H,3-11H2,1-2H3,(H,17,18). The molecule has 1 heterocycles. The molecule has 0 spiro atoms. The van der Waals surface area contributed by atoms with E-state index in [0.29, 0.717) is 11.8 Å². The van der Waals surface area contributed by atoms with Crippen molar-refractivity contribution >= 4 is 5.91 Å². The molecule has 2 aliphatic rings. The van der Waals surface area contributed by atoms with Crippen LogP contribution in [0.2, 0.25) is 0 Å². The van der Waals surface area contributed by atoms with Gasteiger partial charge in [0, 0.05) is 6.54 Å². The molecule has 3 nitrogen and oxygen atoms in total. The second-order valence-electron chi connectivity index (χ2n) is 6.31. The molecule has 18 heavy (non-hydrogen) atoms. The van der Waals surface area contributed by atoms with Crippen LogP contribution in [-0.4, -0.2) is 25.5 Å². The van der Waals surface area contributed by atoms with E-state index >= 15 is 0 Å². The number of amides is 1. The Hall–Kier alpha value is -0.570. The van der Waals surface area contributed by atoms with Crippen molar-refractivity contribution < 1.29 is 4.79 Å². The Morgan fingerprint density at radius 2 is 2.06 bits per heavy atom. The summed E-state index contributed by atoms with van der Waals surface area (Å²) >= 11 is 0. The van der Waals surface area contributed by atoms with Crippen LogP contribution in [-0.2, 0) is 4.79 Å². The molecular weight excluding hydrogens is 224 g/mol. The molecule has 1 amide bonds. The summed E-state index contributed by atoms with van der Waals surface area (Å²) in [7, 11) is 0. The molecule has 0 bridgehead atoms. The first kappa shape index (κ1) is 13.9. The lowest BCUT2D eigenvalue weighted by molar-refractivity contribution is -0.133. The van der Waals surface area contributed by atoms with Gasteiger partial charge >= 0.3 is 0 Å². The topological polar surface area (TPSA) is 41.1 Å². The SMILES string of the molecule is CCCC1(C(=O)NCC(C)C2CC2)CCNCC1. The number of carbonyl (C=O) groups excluding carboxylic acids is 1. The van der Waals surface area contributed by atoms with Crippen molar-refractivity contribution in [1.29, 1.82) is 0 Å². The van der Waals surface area contributed by atoms with E-state index in [1.165, 1.54) is 12.8 Å². The molecule has 2 N–H and O–H groups in total. The highest BCUT2D eigenvalue weighted by Gasteiger charge is 2.38. The molecule has 0 aromatic heterocycles. The zero-order chi connectivity index (χ0) is 13.0. The molecular formula is C15H28N2O. The Morgan fingerprint density at radius 1 is 1.39 bits per heavy atom. The van der Waals surface area contributed by atoms with Crippen LogP contribution in [0.15, 0.2) is 0 Å². The van der Waals surface area contributed by atoms with E-state index in [9.17, 15) is 4.79 Å². The smallest absolute Gasteiger partial charge is 0.226 e. The first-order valence-electron chi connectivity index (χ1n) is 7.67. The van der Waals surface area contributed by atoms with Crippen LogP contribution in [0.25, 0.3) is 0 Å². The predicted octanol–water partition coefficient (Wildman–Crippen LogP) is 2.32. The minimum Gasteiger partial charge on any atom is -0.355 e. The molecule has 0 aromatic carbocycles. The van der Waals surface area contributed by atoms with Crippen molar-refractivity contribution in [1.82, 2.24) is 10.6 Å². The highest BCUT2D eigenvalue weighted by molar-refractivity contribution is 5.82. The van der Waals surface area contributed by atoms with Gasteiger partial charge in [0.2, 0.25) is 5.91 Å². The summed E-state index contributed by atoms with van der Waals surface area (Å²) in [5.41, 5.74) is -0.0801. The molecule has 104 valence electrons. The van der Waals surface area contributed by atoms with Gasteiger partial charge < -0.3 is 10.6 Å². The molecule has 0 radical (unpaired) electrons. The average molecular weight is 252 g/mol. The van der Waals surface area contributed by atoms with Crippen LogP contribution >= 0.6 is 0 Å². The molecule has 3 heteroatoms. The van der Waals surface area contributed by atoms with Gasteiger partial charge in [-0.1, -0.05) is 20.3 Å². The lowest BCUT2D eigenvalue weighted by Gasteiger charge is -2.36. The number of hydrogen-bond donors (Lipinski definition) is 2. The third-order valence-electron chi connectivity index (χ3n) is 4.78. The minimum absolute atomic E-state index is 0.0801. The average Bonchev–Trinajstić information content (AvgIpc) is 3.21. The van der Waals surface area contributed by atoms with Gasteiger partial charge in [-0.2, -0.15) is 0 Å². The fourth-order valence-corrected chi connectivity index (χ4v) is 3.25. The van der Waals surface area contributed by atoms with Crippen LogP contribution < -0.4 is 10.6 Å². The van der Waals surface area contributed by atoms with E-state index in [4.69, 9.17) is 0 Å². The lowest BCUT2D eigenvalue weighted by Crippen LogP contribution is -2.48. The van der Waals surface area contributed by atoms with E-state index in [2.05, 4.69) is 24.5 Å². The Kier molecular flexibility index (Phi) is 4.66. The van der Waals surface area contributed by atoms with Gasteiger partial charge in [0.05, 0.1) is 5.41 Å². The van der Waals surface area contributed by atoms with Crippen LogP contribution in [0.1, 0.15) is 52.4 Å². The van der Waals surface area contributed by atoms with Gasteiger partial charge in [-0.15, -0.1) is 0 Å². The first-order chi connectivity index (χ1) is 8.68. The Labute approximate surface area is 111 Å². The van der Waals surface area contributed by atoms with E-state index in [1.54, 1.807) is 0 Å². The molecule has 1 saturated heterocycles. The summed E-state index contributed by atoms with van der Waals surface area (Å²) < 4.78 is 0. The van der Waals surface area contributed by atoms with Crippen LogP contribution in [0.4, 0.5) is 0 Å². The molecule has 1 saturated carbocycles. The van der Waals surface area contributed by atoms with Gasteiger partial charge in [-0.05, 0) is 57.0 Å². The maximum Gasteiger partial charge on any atom is 0.226 e. The first-order valence-corrected chi connectivity index (χ1v) is 7.67. The van der Waals surface area contributed by atoms with E-state index < -0.39 is 0 Å². The van der Waals surface area contributed by atoms with Crippen molar-refractivity contribution in [2.45, 2.75) is 52.4 Å². The summed E-state index contributed by atoms with van der Waals surface area (Å²) in [5.74, 6) is 1.85. The number of hydrogen-bond acceptors (Lipinski definition) is 2. The van der Waals surface area contributed by atoms with Gasteiger partial charge in [0.1, 0.15) is 0 Å². The fraction of sp³-hybridized carbons (Fsp3) is 0.933. The van der Waals surface area contributed by atoms with Gasteiger partial charge in [-0.3, -0.25) is 4.79 Å². The summed E-state index contributed by atoms with van der Waals surface area (Å²) in [4.78, 5) is 12.5. The third-order valence-corrected chi connectivity index (χ3v) is 4.78. The van der Waals surface area contributed by atoms with Crippen molar-refractivity contribution in [3.8, 4) is 0 Å². The minimum atomic E-state index is -0.0801. The van der Waals surface area contributed by atoms with Crippen molar-refractivity contribution in [3.63, 3.8) is 0 Å². The van der Waals surface area contributed by atoms with E-state index in [0.717, 1.165) is 51.2 Å². The largest absolute Gasteiger partial charge is 0.355 e. The molecule has 0 aromatic rings. The second kappa shape index (κ2) is 6.05. The normalized spacial score (nSPS) is 24.6. The Bertz CT molecular complexity index is 275. The van der Waals surface area contributed by atoms with Crippen molar-refractivity contribution in [2.24, 2.45) is 17.3 Å². The number of nitrogens with one attached hydrogen (secondary N) is 2. The highest BCUT2D eigenvalue weighted by Crippen LogP contribution is 2.37. The summed E-state index contributed by atoms with van der Waals surface area (Å²) in [6, 6.07) is 0. The highest BCUT2D eigenvalue weighted by atomic mass is 16.2. The maximum atomic E-state index is 12.5. The molecule has 2 rings (SSSR count). The molecule has 2 fully saturated rings. The molecule has 1 aliphatic carbocycles. The van der Waals surface area contributed by atoms with E-state index in [1.807, 2.05) is 0 Å². The predicted molar refractivity (Wildman–Crippen MR) is 74.3 cm³/mol. The van der Waals surface area contributed by atoms with Crippen LogP contribution in [0.3, 0.4) is 0 Å².